The number of hydrogen-bond acceptors (Lipinski definition) is 3. The topological polar surface area (TPSA) is 84.8 Å². The van der Waals surface area contributed by atoms with Gasteiger partial charge >= 0.3 is 0 Å². The Hall–Kier alpha value is -3.15. The molecule has 0 unspecified atom stereocenters. The lowest BCUT2D eigenvalue weighted by molar-refractivity contribution is 0.0951. The van der Waals surface area contributed by atoms with Crippen molar-refractivity contribution >= 4 is 28.2 Å². The van der Waals surface area contributed by atoms with Crippen LogP contribution in [0.5, 0.6) is 0 Å². The van der Waals surface area contributed by atoms with Crippen LogP contribution in [0.4, 0.5) is 5.82 Å². The summed E-state index contributed by atoms with van der Waals surface area (Å²) < 4.78 is 0. The van der Waals surface area contributed by atoms with E-state index in [0.29, 0.717) is 11.6 Å². The number of allylic oxidation sites excluding steroid dienone is 2. The Morgan fingerprint density at radius 3 is 2.74 bits per heavy atom. The molecule has 1 aliphatic heterocycles. The maximum Gasteiger partial charge on any atom is 0.251 e. The molecule has 2 N–H and O–H groups in total. The second-order valence-corrected chi connectivity index (χ2v) is 7.17. The Morgan fingerprint density at radius 1 is 1.26 bits per heavy atom. The molecule has 0 atom stereocenters. The Kier molecular flexibility index (Phi) is 3.53. The number of nitrogens with one attached hydrogen (secondary N) is 2. The summed E-state index contributed by atoms with van der Waals surface area (Å²) in [6, 6.07) is 7.94. The molecule has 2 aromatic heterocycles. The Morgan fingerprint density at radius 2 is 2.04 bits per heavy atom. The molecule has 0 bridgehead atoms. The minimum Gasteiger partial charge on any atom is -0.349 e. The van der Waals surface area contributed by atoms with Crippen molar-refractivity contribution in [2.45, 2.75) is 39.2 Å². The summed E-state index contributed by atoms with van der Waals surface area (Å²) >= 11 is 0. The minimum atomic E-state index is -0.00904. The number of rotatable bonds is 4. The SMILES string of the molecule is CCC1=C(C)[N]c2ncc3c(-c4ccc(C(=O)NC5CC5)cc4)n[nH]c3c21. The van der Waals surface area contributed by atoms with Crippen molar-refractivity contribution < 1.29 is 4.79 Å². The highest BCUT2D eigenvalue weighted by molar-refractivity contribution is 6.03. The number of nitrogens with zero attached hydrogens (tertiary/aromatic N) is 3. The number of pyridine rings is 1. The standard InChI is InChI=1S/C21H20N5O/c1-3-15-11(2)23-20-17(15)19-16(10-22-20)18(25-26-19)12-4-6-13(7-5-12)21(27)24-14-8-9-14/h4-7,10,14H,3,8-9H2,1-2H3,(H,24,27)(H,25,26). The van der Waals surface area contributed by atoms with Gasteiger partial charge in [0.1, 0.15) is 5.69 Å². The van der Waals surface area contributed by atoms with E-state index in [4.69, 9.17) is 0 Å². The summed E-state index contributed by atoms with van der Waals surface area (Å²) in [6.07, 6.45) is 4.90. The van der Waals surface area contributed by atoms with Gasteiger partial charge in [-0.1, -0.05) is 19.1 Å². The van der Waals surface area contributed by atoms with E-state index in [-0.39, 0.29) is 5.91 Å². The third-order valence-corrected chi connectivity index (χ3v) is 5.29. The van der Waals surface area contributed by atoms with Gasteiger partial charge in [0.05, 0.1) is 5.52 Å². The molecule has 6 heteroatoms. The van der Waals surface area contributed by atoms with Crippen LogP contribution >= 0.6 is 0 Å². The van der Waals surface area contributed by atoms with E-state index >= 15 is 0 Å². The molecule has 27 heavy (non-hydrogen) atoms. The van der Waals surface area contributed by atoms with Gasteiger partial charge in [0.2, 0.25) is 0 Å². The van der Waals surface area contributed by atoms with E-state index in [1.54, 1.807) is 0 Å². The Labute approximate surface area is 157 Å². The fourth-order valence-electron chi connectivity index (χ4n) is 3.68. The molecule has 3 heterocycles. The van der Waals surface area contributed by atoms with Crippen LogP contribution in [0.3, 0.4) is 0 Å². The average molecular weight is 358 g/mol. The second kappa shape index (κ2) is 5.94. The van der Waals surface area contributed by atoms with Gasteiger partial charge in [-0.25, -0.2) is 10.3 Å². The van der Waals surface area contributed by atoms with Crippen LogP contribution in [0, 0.1) is 0 Å². The first-order chi connectivity index (χ1) is 13.2. The molecule has 0 saturated heterocycles. The summed E-state index contributed by atoms with van der Waals surface area (Å²) in [6.45, 7) is 4.15. The monoisotopic (exact) mass is 358 g/mol. The Balaban J connectivity index is 1.53. The van der Waals surface area contributed by atoms with Crippen LogP contribution in [0.15, 0.2) is 36.2 Å². The molecule has 5 rings (SSSR count). The lowest BCUT2D eigenvalue weighted by atomic mass is 10.0. The van der Waals surface area contributed by atoms with Crippen LogP contribution in [0.25, 0.3) is 27.7 Å². The number of aromatic nitrogens is 3. The van der Waals surface area contributed by atoms with E-state index in [9.17, 15) is 4.79 Å². The third-order valence-electron chi connectivity index (χ3n) is 5.29. The maximum atomic E-state index is 12.2. The van der Waals surface area contributed by atoms with E-state index in [2.05, 4.69) is 32.7 Å². The lowest BCUT2D eigenvalue weighted by Crippen LogP contribution is -2.25. The third kappa shape index (κ3) is 2.60. The average Bonchev–Trinajstić information content (AvgIpc) is 3.28. The number of carbonyl (C=O) groups is 1. The highest BCUT2D eigenvalue weighted by Gasteiger charge is 2.26. The van der Waals surface area contributed by atoms with E-state index in [0.717, 1.165) is 58.5 Å². The minimum absolute atomic E-state index is 0.00904. The summed E-state index contributed by atoms with van der Waals surface area (Å²) in [4.78, 5) is 16.7. The van der Waals surface area contributed by atoms with Crippen LogP contribution in [0.2, 0.25) is 0 Å². The van der Waals surface area contributed by atoms with Gasteiger partial charge in [-0.05, 0) is 43.9 Å². The first kappa shape index (κ1) is 16.1. The molecular formula is C21H20N5O. The molecule has 1 fully saturated rings. The lowest BCUT2D eigenvalue weighted by Gasteiger charge is -2.05. The first-order valence-corrected chi connectivity index (χ1v) is 9.36. The predicted molar refractivity (Wildman–Crippen MR) is 104 cm³/mol. The van der Waals surface area contributed by atoms with Gasteiger partial charge < -0.3 is 5.32 Å². The molecule has 3 aromatic rings. The second-order valence-electron chi connectivity index (χ2n) is 7.17. The van der Waals surface area contributed by atoms with Gasteiger partial charge in [0, 0.05) is 40.0 Å². The molecule has 2 aliphatic rings. The molecule has 1 saturated carbocycles. The van der Waals surface area contributed by atoms with Crippen LogP contribution in [-0.4, -0.2) is 27.1 Å². The molecule has 1 aromatic carbocycles. The zero-order valence-electron chi connectivity index (χ0n) is 15.3. The number of aromatic amines is 1. The van der Waals surface area contributed by atoms with Crippen LogP contribution in [-0.2, 0) is 0 Å². The van der Waals surface area contributed by atoms with E-state index in [1.165, 1.54) is 5.57 Å². The fraction of sp³-hybridized carbons (Fsp3) is 0.286. The fourth-order valence-corrected chi connectivity index (χ4v) is 3.68. The van der Waals surface area contributed by atoms with Crippen molar-refractivity contribution in [3.05, 3.63) is 47.3 Å². The van der Waals surface area contributed by atoms with Crippen molar-refractivity contribution in [2.75, 3.05) is 0 Å². The number of carbonyl (C=O) groups excluding carboxylic acids is 1. The van der Waals surface area contributed by atoms with Gasteiger partial charge in [-0.2, -0.15) is 5.10 Å². The number of fused-ring (bicyclic) bond motifs is 3. The van der Waals surface area contributed by atoms with Crippen LogP contribution in [0.1, 0.15) is 49.0 Å². The smallest absolute Gasteiger partial charge is 0.251 e. The van der Waals surface area contributed by atoms with Gasteiger partial charge in [-0.3, -0.25) is 9.89 Å². The number of benzene rings is 1. The first-order valence-electron chi connectivity index (χ1n) is 9.36. The summed E-state index contributed by atoms with van der Waals surface area (Å²) in [7, 11) is 0. The maximum absolute atomic E-state index is 12.2. The van der Waals surface area contributed by atoms with Crippen molar-refractivity contribution in [3.8, 4) is 11.3 Å². The van der Waals surface area contributed by atoms with Crippen molar-refractivity contribution in [1.29, 1.82) is 0 Å². The van der Waals surface area contributed by atoms with Crippen LogP contribution < -0.4 is 10.6 Å². The quantitative estimate of drug-likeness (QED) is 0.741. The molecular weight excluding hydrogens is 338 g/mol. The summed E-state index contributed by atoms with van der Waals surface area (Å²) in [5.41, 5.74) is 6.75. The van der Waals surface area contributed by atoms with Crippen molar-refractivity contribution in [2.24, 2.45) is 0 Å². The molecule has 1 amide bonds. The molecule has 1 radical (unpaired) electrons. The number of hydrogen-bond donors (Lipinski definition) is 2. The summed E-state index contributed by atoms with van der Waals surface area (Å²) in [5.74, 6) is 0.754. The Bertz CT molecular complexity index is 1090. The van der Waals surface area contributed by atoms with E-state index < -0.39 is 0 Å². The zero-order chi connectivity index (χ0) is 18.5. The molecule has 0 spiro atoms. The highest BCUT2D eigenvalue weighted by Crippen LogP contribution is 2.40. The number of H-pyrrole nitrogens is 1. The molecule has 1 aliphatic carbocycles. The number of amides is 1. The summed E-state index contributed by atoms with van der Waals surface area (Å²) in [5, 5.41) is 16.3. The molecule has 6 nitrogen and oxygen atoms in total. The largest absolute Gasteiger partial charge is 0.349 e. The van der Waals surface area contributed by atoms with Gasteiger partial charge in [0.25, 0.3) is 5.91 Å². The molecule has 135 valence electrons. The van der Waals surface area contributed by atoms with Gasteiger partial charge in [-0.15, -0.1) is 0 Å². The zero-order valence-corrected chi connectivity index (χ0v) is 15.3. The highest BCUT2D eigenvalue weighted by atomic mass is 16.1. The van der Waals surface area contributed by atoms with Crippen molar-refractivity contribution in [1.82, 2.24) is 25.8 Å². The predicted octanol–water partition coefficient (Wildman–Crippen LogP) is 3.91. The van der Waals surface area contributed by atoms with Gasteiger partial charge in [0.15, 0.2) is 5.82 Å². The normalized spacial score (nSPS) is 15.8. The van der Waals surface area contributed by atoms with E-state index in [1.807, 2.05) is 37.4 Å². The van der Waals surface area contributed by atoms with Crippen molar-refractivity contribution in [3.63, 3.8) is 0 Å².